The molecular weight excluding hydrogens is 335 g/mol. The number of alkyl halides is 3. The van der Waals surface area contributed by atoms with Gasteiger partial charge in [0.1, 0.15) is 0 Å². The second-order valence-corrected chi connectivity index (χ2v) is 5.84. The van der Waals surface area contributed by atoms with Crippen LogP contribution in [-0.4, -0.2) is 49.4 Å². The molecule has 136 valence electrons. The molecule has 2 amide bonds. The van der Waals surface area contributed by atoms with Crippen LogP contribution in [0.4, 0.5) is 18.9 Å². The number of hydrogen-bond donors (Lipinski definition) is 2. The first-order chi connectivity index (χ1) is 11.8. The number of anilines is 1. The molecule has 2 rings (SSSR count). The minimum absolute atomic E-state index is 0.0647. The zero-order valence-corrected chi connectivity index (χ0v) is 13.9. The molecule has 0 aromatic heterocycles. The number of nitrogens with zero attached hydrogens (tertiary/aromatic N) is 1. The molecule has 0 bridgehead atoms. The van der Waals surface area contributed by atoms with Gasteiger partial charge in [-0.25, -0.2) is 0 Å². The summed E-state index contributed by atoms with van der Waals surface area (Å²) in [5.41, 5.74) is -1.10. The van der Waals surface area contributed by atoms with Gasteiger partial charge in [-0.05, 0) is 25.1 Å². The van der Waals surface area contributed by atoms with E-state index in [1.165, 1.54) is 24.3 Å². The Morgan fingerprint density at radius 1 is 1.24 bits per heavy atom. The van der Waals surface area contributed by atoms with Crippen molar-refractivity contribution >= 4 is 17.5 Å². The SMILES string of the molecule is C/C=C/C(=O)N1CC[NH+](CC(=O)Nc2ccccc2C(F)(F)F)CC1. The van der Waals surface area contributed by atoms with Crippen molar-refractivity contribution in [1.82, 2.24) is 4.90 Å². The number of benzene rings is 1. The van der Waals surface area contributed by atoms with Crippen molar-refractivity contribution in [2.45, 2.75) is 13.1 Å². The molecule has 0 radical (unpaired) electrons. The van der Waals surface area contributed by atoms with E-state index in [4.69, 9.17) is 0 Å². The fourth-order valence-corrected chi connectivity index (χ4v) is 2.73. The molecule has 1 aliphatic rings. The maximum absolute atomic E-state index is 12.9. The van der Waals surface area contributed by atoms with Crippen LogP contribution in [0.15, 0.2) is 36.4 Å². The first kappa shape index (κ1) is 19.0. The van der Waals surface area contributed by atoms with E-state index in [1.54, 1.807) is 17.9 Å². The molecule has 1 heterocycles. The van der Waals surface area contributed by atoms with Gasteiger partial charge >= 0.3 is 6.18 Å². The highest BCUT2D eigenvalue weighted by Gasteiger charge is 2.34. The van der Waals surface area contributed by atoms with Gasteiger partial charge in [0.05, 0.1) is 37.4 Å². The second-order valence-electron chi connectivity index (χ2n) is 5.84. The number of quaternary nitrogens is 1. The smallest absolute Gasteiger partial charge is 0.328 e. The van der Waals surface area contributed by atoms with Crippen LogP contribution >= 0.6 is 0 Å². The van der Waals surface area contributed by atoms with Crippen LogP contribution in [0.25, 0.3) is 0 Å². The van der Waals surface area contributed by atoms with Crippen LogP contribution in [0.1, 0.15) is 12.5 Å². The Kier molecular flexibility index (Phi) is 6.19. The normalized spacial score (nSPS) is 16.2. The van der Waals surface area contributed by atoms with Gasteiger partial charge in [0.25, 0.3) is 5.91 Å². The van der Waals surface area contributed by atoms with Gasteiger partial charge in [-0.15, -0.1) is 0 Å². The summed E-state index contributed by atoms with van der Waals surface area (Å²) < 4.78 is 38.8. The molecule has 0 unspecified atom stereocenters. The largest absolute Gasteiger partial charge is 0.418 e. The predicted molar refractivity (Wildman–Crippen MR) is 87.0 cm³/mol. The maximum Gasteiger partial charge on any atom is 0.418 e. The van der Waals surface area contributed by atoms with E-state index in [2.05, 4.69) is 5.32 Å². The van der Waals surface area contributed by atoms with Gasteiger partial charge in [0.15, 0.2) is 6.54 Å². The third kappa shape index (κ3) is 5.32. The highest BCUT2D eigenvalue weighted by atomic mass is 19.4. The molecule has 1 saturated heterocycles. The summed E-state index contributed by atoms with van der Waals surface area (Å²) in [7, 11) is 0. The van der Waals surface area contributed by atoms with E-state index >= 15 is 0 Å². The number of nitrogens with one attached hydrogen (secondary N) is 2. The Balaban J connectivity index is 1.89. The van der Waals surface area contributed by atoms with Gasteiger partial charge in [-0.2, -0.15) is 13.2 Å². The Labute approximate surface area is 144 Å². The average Bonchev–Trinajstić information content (AvgIpc) is 2.55. The van der Waals surface area contributed by atoms with Crippen molar-refractivity contribution in [3.05, 3.63) is 42.0 Å². The molecule has 25 heavy (non-hydrogen) atoms. The van der Waals surface area contributed by atoms with E-state index in [1.807, 2.05) is 0 Å². The van der Waals surface area contributed by atoms with Crippen molar-refractivity contribution in [3.8, 4) is 0 Å². The first-order valence-electron chi connectivity index (χ1n) is 8.02. The summed E-state index contributed by atoms with van der Waals surface area (Å²) in [5, 5.41) is 2.35. The lowest BCUT2D eigenvalue weighted by Gasteiger charge is -2.31. The highest BCUT2D eigenvalue weighted by molar-refractivity contribution is 5.92. The minimum atomic E-state index is -4.52. The van der Waals surface area contributed by atoms with Crippen molar-refractivity contribution in [2.24, 2.45) is 0 Å². The molecule has 1 fully saturated rings. The van der Waals surface area contributed by atoms with Crippen molar-refractivity contribution in [1.29, 1.82) is 0 Å². The first-order valence-corrected chi connectivity index (χ1v) is 8.02. The molecule has 0 aliphatic carbocycles. The maximum atomic E-state index is 12.9. The molecule has 0 spiro atoms. The van der Waals surface area contributed by atoms with Gasteiger partial charge < -0.3 is 15.1 Å². The summed E-state index contributed by atoms with van der Waals surface area (Å²) in [6, 6.07) is 4.91. The Bertz CT molecular complexity index is 651. The third-order valence-electron chi connectivity index (χ3n) is 4.01. The van der Waals surface area contributed by atoms with Crippen LogP contribution in [0.5, 0.6) is 0 Å². The number of halogens is 3. The van der Waals surface area contributed by atoms with Crippen LogP contribution in [0, 0.1) is 0 Å². The van der Waals surface area contributed by atoms with Crippen LogP contribution in [0.3, 0.4) is 0 Å². The monoisotopic (exact) mass is 356 g/mol. The molecule has 2 N–H and O–H groups in total. The summed E-state index contributed by atoms with van der Waals surface area (Å²) in [6.07, 6.45) is -1.35. The van der Waals surface area contributed by atoms with Crippen molar-refractivity contribution in [2.75, 3.05) is 38.0 Å². The van der Waals surface area contributed by atoms with Crippen molar-refractivity contribution < 1.29 is 27.7 Å². The minimum Gasteiger partial charge on any atom is -0.328 e. The van der Waals surface area contributed by atoms with E-state index in [0.717, 1.165) is 11.0 Å². The zero-order chi connectivity index (χ0) is 18.4. The summed E-state index contributed by atoms with van der Waals surface area (Å²) >= 11 is 0. The zero-order valence-electron chi connectivity index (χ0n) is 13.9. The Morgan fingerprint density at radius 3 is 2.48 bits per heavy atom. The average molecular weight is 356 g/mol. The number of amides is 2. The fourth-order valence-electron chi connectivity index (χ4n) is 2.73. The lowest BCUT2D eigenvalue weighted by Crippen LogP contribution is -3.15. The molecule has 5 nitrogen and oxygen atoms in total. The standard InChI is InChI=1S/C17H20F3N3O2/c1-2-5-16(25)23-10-8-22(9-11-23)12-15(24)21-14-7-4-3-6-13(14)17(18,19)20/h2-7H,8-12H2,1H3,(H,21,24)/p+1/b5-2+. The van der Waals surface area contributed by atoms with Crippen LogP contribution in [0.2, 0.25) is 0 Å². The van der Waals surface area contributed by atoms with Gasteiger partial charge in [-0.1, -0.05) is 18.2 Å². The number of carbonyl (C=O) groups is 2. The lowest BCUT2D eigenvalue weighted by molar-refractivity contribution is -0.895. The molecule has 8 heteroatoms. The van der Waals surface area contributed by atoms with Crippen molar-refractivity contribution in [3.63, 3.8) is 0 Å². The molecule has 1 aromatic carbocycles. The number of hydrogen-bond acceptors (Lipinski definition) is 2. The summed E-state index contributed by atoms with van der Waals surface area (Å²) in [6.45, 7) is 4.03. The third-order valence-corrected chi connectivity index (χ3v) is 4.01. The molecule has 1 aromatic rings. The van der Waals surface area contributed by atoms with Crippen LogP contribution in [-0.2, 0) is 15.8 Å². The Hall–Kier alpha value is -2.35. The second kappa shape index (κ2) is 8.15. The van der Waals surface area contributed by atoms with Crippen LogP contribution < -0.4 is 10.2 Å². The van der Waals surface area contributed by atoms with E-state index < -0.39 is 17.6 Å². The molecule has 1 aliphatic heterocycles. The number of allylic oxidation sites excluding steroid dienone is 1. The van der Waals surface area contributed by atoms with E-state index in [9.17, 15) is 22.8 Å². The quantitative estimate of drug-likeness (QED) is 0.790. The molecular formula is C17H21F3N3O2+. The van der Waals surface area contributed by atoms with E-state index in [0.29, 0.717) is 26.2 Å². The molecule has 0 atom stereocenters. The number of para-hydroxylation sites is 1. The number of carbonyl (C=O) groups excluding carboxylic acids is 2. The lowest BCUT2D eigenvalue weighted by atomic mass is 10.1. The summed E-state index contributed by atoms with van der Waals surface area (Å²) in [5.74, 6) is -0.537. The topological polar surface area (TPSA) is 53.9 Å². The number of rotatable bonds is 4. The Morgan fingerprint density at radius 2 is 1.88 bits per heavy atom. The number of piperazine rings is 1. The fraction of sp³-hybridized carbons (Fsp3) is 0.412. The van der Waals surface area contributed by atoms with Gasteiger partial charge in [0, 0.05) is 0 Å². The van der Waals surface area contributed by atoms with Gasteiger partial charge in [0.2, 0.25) is 5.91 Å². The molecule has 0 saturated carbocycles. The van der Waals surface area contributed by atoms with E-state index in [-0.39, 0.29) is 18.1 Å². The highest BCUT2D eigenvalue weighted by Crippen LogP contribution is 2.34. The van der Waals surface area contributed by atoms with Gasteiger partial charge in [-0.3, -0.25) is 9.59 Å². The summed E-state index contributed by atoms with van der Waals surface area (Å²) in [4.78, 5) is 26.5. The predicted octanol–water partition coefficient (Wildman–Crippen LogP) is 0.947.